The summed E-state index contributed by atoms with van der Waals surface area (Å²) in [5.41, 5.74) is 7.43. The Kier molecular flexibility index (Phi) is 3.28. The van der Waals surface area contributed by atoms with Gasteiger partial charge >= 0.3 is 6.36 Å². The van der Waals surface area contributed by atoms with Crippen molar-refractivity contribution in [3.05, 3.63) is 30.0 Å². The van der Waals surface area contributed by atoms with Crippen LogP contribution in [0.15, 0.2) is 24.3 Å². The summed E-state index contributed by atoms with van der Waals surface area (Å²) in [5.74, 6) is -0.304. The molecule has 20 heavy (non-hydrogen) atoms. The van der Waals surface area contributed by atoms with E-state index in [1.54, 1.807) is 6.07 Å². The van der Waals surface area contributed by atoms with E-state index in [1.165, 1.54) is 18.2 Å². The number of hydrogen-bond donors (Lipinski definition) is 1. The van der Waals surface area contributed by atoms with Crippen LogP contribution in [-0.2, 0) is 5.41 Å². The third kappa shape index (κ3) is 3.12. The number of benzene rings is 1. The zero-order valence-electron chi connectivity index (χ0n) is 11.4. The Hall–Kier alpha value is -1.98. The molecule has 2 aromatic rings. The molecule has 0 spiro atoms. The minimum absolute atomic E-state index is 0.191. The average Bonchev–Trinajstić information content (AvgIpc) is 2.26. The van der Waals surface area contributed by atoms with Crippen molar-refractivity contribution in [2.24, 2.45) is 0 Å². The normalized spacial score (nSPS) is 12.7. The quantitative estimate of drug-likeness (QED) is 0.860. The van der Waals surface area contributed by atoms with E-state index in [1.807, 2.05) is 20.8 Å². The van der Waals surface area contributed by atoms with Gasteiger partial charge in [0.25, 0.3) is 0 Å². The lowest BCUT2D eigenvalue weighted by molar-refractivity contribution is -0.274. The number of pyridine rings is 1. The summed E-state index contributed by atoms with van der Waals surface area (Å²) in [4.78, 5) is 4.43. The van der Waals surface area contributed by atoms with Gasteiger partial charge in [-0.3, -0.25) is 4.98 Å². The fourth-order valence-corrected chi connectivity index (χ4v) is 1.81. The van der Waals surface area contributed by atoms with Crippen molar-refractivity contribution in [3.63, 3.8) is 0 Å². The third-order valence-corrected chi connectivity index (χ3v) is 2.81. The van der Waals surface area contributed by atoms with Gasteiger partial charge in [0, 0.05) is 22.2 Å². The van der Waals surface area contributed by atoms with Gasteiger partial charge in [0.05, 0.1) is 5.52 Å². The van der Waals surface area contributed by atoms with Crippen LogP contribution in [0.3, 0.4) is 0 Å². The lowest BCUT2D eigenvalue weighted by atomic mass is 9.91. The fraction of sp³-hybridized carbons (Fsp3) is 0.357. The molecule has 108 valence electrons. The highest BCUT2D eigenvalue weighted by molar-refractivity contribution is 5.91. The van der Waals surface area contributed by atoms with Gasteiger partial charge in [-0.1, -0.05) is 20.8 Å². The van der Waals surface area contributed by atoms with Crippen LogP contribution in [-0.4, -0.2) is 11.3 Å². The summed E-state index contributed by atoms with van der Waals surface area (Å²) >= 11 is 0. The van der Waals surface area contributed by atoms with E-state index in [0.29, 0.717) is 16.6 Å². The smallest absolute Gasteiger partial charge is 0.406 e. The van der Waals surface area contributed by atoms with Crippen LogP contribution in [0, 0.1) is 0 Å². The monoisotopic (exact) mass is 284 g/mol. The largest absolute Gasteiger partial charge is 0.573 e. The zero-order valence-corrected chi connectivity index (χ0v) is 11.4. The van der Waals surface area contributed by atoms with Crippen molar-refractivity contribution < 1.29 is 17.9 Å². The molecule has 0 amide bonds. The van der Waals surface area contributed by atoms with Crippen molar-refractivity contribution in [2.75, 3.05) is 5.73 Å². The predicted molar refractivity (Wildman–Crippen MR) is 71.5 cm³/mol. The third-order valence-electron chi connectivity index (χ3n) is 2.81. The molecule has 0 saturated heterocycles. The van der Waals surface area contributed by atoms with Crippen molar-refractivity contribution in [2.45, 2.75) is 32.5 Å². The van der Waals surface area contributed by atoms with E-state index < -0.39 is 6.36 Å². The van der Waals surface area contributed by atoms with Crippen LogP contribution in [0.25, 0.3) is 10.9 Å². The maximum Gasteiger partial charge on any atom is 0.573 e. The Balaban J connectivity index is 2.52. The van der Waals surface area contributed by atoms with E-state index in [-0.39, 0.29) is 11.2 Å². The highest BCUT2D eigenvalue weighted by atomic mass is 19.4. The number of aromatic nitrogens is 1. The van der Waals surface area contributed by atoms with Gasteiger partial charge in [0.2, 0.25) is 0 Å². The molecule has 0 radical (unpaired) electrons. The molecular weight excluding hydrogens is 269 g/mol. The summed E-state index contributed by atoms with van der Waals surface area (Å²) in [5, 5.41) is 0.444. The van der Waals surface area contributed by atoms with Crippen LogP contribution in [0.1, 0.15) is 26.5 Å². The molecule has 0 unspecified atom stereocenters. The summed E-state index contributed by atoms with van der Waals surface area (Å²) in [6.45, 7) is 5.96. The van der Waals surface area contributed by atoms with Crippen molar-refractivity contribution in [1.29, 1.82) is 0 Å². The molecule has 0 aliphatic heterocycles. The SMILES string of the molecule is CC(C)(C)c1cc(N)c2cc(OC(F)(F)F)ccc2n1. The summed E-state index contributed by atoms with van der Waals surface area (Å²) in [7, 11) is 0. The maximum absolute atomic E-state index is 12.2. The standard InChI is InChI=1S/C14H15F3N2O/c1-13(2,3)12-7-10(18)9-6-8(20-14(15,16)17)4-5-11(9)19-12/h4-7H,1-3H3,(H2,18,19). The Labute approximate surface area is 114 Å². The molecule has 0 aliphatic rings. The van der Waals surface area contributed by atoms with E-state index in [9.17, 15) is 13.2 Å². The molecule has 6 heteroatoms. The molecule has 1 aromatic carbocycles. The number of ether oxygens (including phenoxy) is 1. The van der Waals surface area contributed by atoms with E-state index in [4.69, 9.17) is 5.73 Å². The minimum Gasteiger partial charge on any atom is -0.406 e. The average molecular weight is 284 g/mol. The molecule has 1 aromatic heterocycles. The lowest BCUT2D eigenvalue weighted by Crippen LogP contribution is -2.17. The number of fused-ring (bicyclic) bond motifs is 1. The van der Waals surface area contributed by atoms with Crippen LogP contribution in [0.2, 0.25) is 0 Å². The molecule has 0 fully saturated rings. The number of nitrogen functional groups attached to an aromatic ring is 1. The van der Waals surface area contributed by atoms with E-state index in [2.05, 4.69) is 9.72 Å². The Morgan fingerprint density at radius 1 is 1.10 bits per heavy atom. The van der Waals surface area contributed by atoms with Gasteiger partial charge in [0.15, 0.2) is 0 Å². The number of anilines is 1. The maximum atomic E-state index is 12.2. The van der Waals surface area contributed by atoms with Crippen LogP contribution < -0.4 is 10.5 Å². The minimum atomic E-state index is -4.72. The van der Waals surface area contributed by atoms with Gasteiger partial charge in [-0.05, 0) is 24.3 Å². The first-order valence-electron chi connectivity index (χ1n) is 6.03. The molecule has 1 heterocycles. The number of nitrogens with two attached hydrogens (primary N) is 1. The van der Waals surface area contributed by atoms with Gasteiger partial charge in [-0.2, -0.15) is 0 Å². The molecule has 2 N–H and O–H groups in total. The van der Waals surface area contributed by atoms with Gasteiger partial charge in [-0.25, -0.2) is 0 Å². The first kappa shape index (κ1) is 14.4. The second-order valence-corrected chi connectivity index (χ2v) is 5.57. The molecule has 0 atom stereocenters. The number of halogens is 3. The first-order chi connectivity index (χ1) is 9.06. The van der Waals surface area contributed by atoms with Gasteiger partial charge in [0.1, 0.15) is 5.75 Å². The van der Waals surface area contributed by atoms with Crippen molar-refractivity contribution in [1.82, 2.24) is 4.98 Å². The number of alkyl halides is 3. The second kappa shape index (κ2) is 4.54. The Bertz CT molecular complexity index is 645. The topological polar surface area (TPSA) is 48.1 Å². The van der Waals surface area contributed by atoms with Crippen molar-refractivity contribution in [3.8, 4) is 5.75 Å². The molecule has 3 nitrogen and oxygen atoms in total. The predicted octanol–water partition coefficient (Wildman–Crippen LogP) is 4.01. The molecule has 0 bridgehead atoms. The molecular formula is C14H15F3N2O. The van der Waals surface area contributed by atoms with Crippen LogP contribution in [0.4, 0.5) is 18.9 Å². The molecule has 2 rings (SSSR count). The van der Waals surface area contributed by atoms with Crippen molar-refractivity contribution >= 4 is 16.6 Å². The Morgan fingerprint density at radius 2 is 1.75 bits per heavy atom. The van der Waals surface area contributed by atoms with Crippen LogP contribution in [0.5, 0.6) is 5.75 Å². The Morgan fingerprint density at radius 3 is 2.30 bits per heavy atom. The highest BCUT2D eigenvalue weighted by Crippen LogP contribution is 2.31. The van der Waals surface area contributed by atoms with Gasteiger partial charge < -0.3 is 10.5 Å². The van der Waals surface area contributed by atoms with Gasteiger partial charge in [-0.15, -0.1) is 13.2 Å². The van der Waals surface area contributed by atoms with E-state index in [0.717, 1.165) is 5.69 Å². The summed E-state index contributed by atoms with van der Waals surface area (Å²) in [6.07, 6.45) is -4.72. The number of rotatable bonds is 1. The van der Waals surface area contributed by atoms with Crippen LogP contribution >= 0.6 is 0 Å². The zero-order chi connectivity index (χ0) is 15.1. The summed E-state index contributed by atoms with van der Waals surface area (Å²) in [6, 6.07) is 5.63. The van der Waals surface area contributed by atoms with E-state index >= 15 is 0 Å². The number of hydrogen-bond acceptors (Lipinski definition) is 3. The highest BCUT2D eigenvalue weighted by Gasteiger charge is 2.31. The molecule has 0 saturated carbocycles. The summed E-state index contributed by atoms with van der Waals surface area (Å²) < 4.78 is 40.5. The first-order valence-corrected chi connectivity index (χ1v) is 6.03. The lowest BCUT2D eigenvalue weighted by Gasteiger charge is -2.19. The fourth-order valence-electron chi connectivity index (χ4n) is 1.81. The molecule has 0 aliphatic carbocycles. The number of nitrogens with zero attached hydrogens (tertiary/aromatic N) is 1. The second-order valence-electron chi connectivity index (χ2n) is 5.57.